The zero-order valence-electron chi connectivity index (χ0n) is 10.7. The maximum atomic E-state index is 13.0. The van der Waals surface area contributed by atoms with Crippen molar-refractivity contribution >= 4 is 5.91 Å². The first-order chi connectivity index (χ1) is 10.2. The van der Waals surface area contributed by atoms with Crippen LogP contribution in [0.2, 0.25) is 0 Å². The highest BCUT2D eigenvalue weighted by Gasteiger charge is 2.15. The quantitative estimate of drug-likeness (QED) is 0.394. The molecule has 0 spiro atoms. The van der Waals surface area contributed by atoms with Crippen LogP contribution in [0.4, 0.5) is 4.39 Å². The van der Waals surface area contributed by atoms with Crippen LogP contribution in [-0.4, -0.2) is 21.1 Å². The summed E-state index contributed by atoms with van der Waals surface area (Å²) in [6.45, 7) is -0.955. The molecule has 1 aromatic carbocycles. The van der Waals surface area contributed by atoms with Crippen LogP contribution >= 0.6 is 0 Å². The molecule has 0 aliphatic rings. The molecule has 0 saturated heterocycles. The molecule has 0 fully saturated rings. The number of nitrogens with zero attached hydrogens (tertiary/aromatic N) is 5. The number of amides is 1. The van der Waals surface area contributed by atoms with Gasteiger partial charge in [0.25, 0.3) is 0 Å². The molecule has 1 heterocycles. The number of hydrogen-bond acceptors (Lipinski definition) is 4. The minimum Gasteiger partial charge on any atom is -0.472 e. The Morgan fingerprint density at radius 3 is 2.95 bits per heavy atom. The number of halogens is 1. The summed E-state index contributed by atoms with van der Waals surface area (Å²) in [5, 5.41) is 15.6. The van der Waals surface area contributed by atoms with Crippen LogP contribution in [0.25, 0.3) is 10.4 Å². The van der Waals surface area contributed by atoms with Gasteiger partial charge >= 0.3 is 0 Å². The number of azide groups is 1. The highest BCUT2D eigenvalue weighted by atomic mass is 19.1. The molecule has 2 aromatic rings. The van der Waals surface area contributed by atoms with E-state index in [1.54, 1.807) is 0 Å². The van der Waals surface area contributed by atoms with Crippen LogP contribution in [0.15, 0.2) is 35.6 Å². The fraction of sp³-hybridized carbons (Fsp3) is 0.167. The molecule has 0 aliphatic carbocycles. The minimum absolute atomic E-state index is 0.0615. The zero-order valence-corrected chi connectivity index (χ0v) is 10.7. The Morgan fingerprint density at radius 1 is 1.52 bits per heavy atom. The lowest BCUT2D eigenvalue weighted by atomic mass is 10.0. The second kappa shape index (κ2) is 6.40. The van der Waals surface area contributed by atoms with E-state index in [-0.39, 0.29) is 29.2 Å². The lowest BCUT2D eigenvalue weighted by molar-refractivity contribution is 0.0997. The molecule has 0 bridgehead atoms. The van der Waals surface area contributed by atoms with E-state index < -0.39 is 12.6 Å². The van der Waals surface area contributed by atoms with E-state index in [1.165, 1.54) is 30.5 Å². The van der Waals surface area contributed by atoms with Gasteiger partial charge in [-0.3, -0.25) is 4.79 Å². The summed E-state index contributed by atoms with van der Waals surface area (Å²) in [4.78, 5) is 14.7. The Kier molecular flexibility index (Phi) is 4.37. The van der Waals surface area contributed by atoms with Crippen LogP contribution < -0.4 is 4.74 Å². The predicted molar refractivity (Wildman–Crippen MR) is 68.5 cm³/mol. The molecule has 1 aromatic heterocycles. The lowest BCUT2D eigenvalue weighted by Gasteiger charge is -2.11. The summed E-state index contributed by atoms with van der Waals surface area (Å²) < 4.78 is 18.3. The number of carbonyl (C=O) groups is 1. The number of benzene rings is 1. The maximum Gasteiger partial charge on any atom is 0.249 e. The summed E-state index contributed by atoms with van der Waals surface area (Å²) in [7, 11) is 0. The molecule has 2 rings (SSSR count). The molecule has 8 nitrogen and oxygen atoms in total. The van der Waals surface area contributed by atoms with Gasteiger partial charge in [0.15, 0.2) is 0 Å². The Hall–Kier alpha value is -3.06. The molecule has 0 radical (unpaired) electrons. The third-order valence-electron chi connectivity index (χ3n) is 2.70. The van der Waals surface area contributed by atoms with E-state index >= 15 is 0 Å². The molecule has 0 unspecified atom stereocenters. The molecule has 1 N–H and O–H groups in total. The Bertz CT molecular complexity index is 709. The van der Waals surface area contributed by atoms with Crippen LogP contribution in [-0.2, 0) is 13.3 Å². The molecule has 1 amide bonds. The van der Waals surface area contributed by atoms with Gasteiger partial charge < -0.3 is 9.94 Å². The summed E-state index contributed by atoms with van der Waals surface area (Å²) in [6, 6.07) is 5.80. The monoisotopic (exact) mass is 291 g/mol. The third kappa shape index (κ3) is 3.28. The molecule has 108 valence electrons. The van der Waals surface area contributed by atoms with Crippen molar-refractivity contribution in [1.82, 2.24) is 9.94 Å². The van der Waals surface area contributed by atoms with Gasteiger partial charge in [0.2, 0.25) is 11.8 Å². The number of hydrogen-bond donors (Lipinski definition) is 1. The van der Waals surface area contributed by atoms with Crippen molar-refractivity contribution in [2.75, 3.05) is 0 Å². The molecule has 0 saturated carbocycles. The van der Waals surface area contributed by atoms with Crippen molar-refractivity contribution in [2.45, 2.75) is 13.3 Å². The highest BCUT2D eigenvalue weighted by Crippen LogP contribution is 2.20. The molecule has 21 heavy (non-hydrogen) atoms. The number of rotatable bonds is 5. The third-order valence-corrected chi connectivity index (χ3v) is 2.70. The van der Waals surface area contributed by atoms with Crippen molar-refractivity contribution in [2.24, 2.45) is 5.11 Å². The smallest absolute Gasteiger partial charge is 0.249 e. The van der Waals surface area contributed by atoms with E-state index in [4.69, 9.17) is 15.5 Å². The second-order valence-corrected chi connectivity index (χ2v) is 3.93. The topological polar surface area (TPSA) is 113 Å². The summed E-state index contributed by atoms with van der Waals surface area (Å²) in [6.07, 6.45) is 1.25. The van der Waals surface area contributed by atoms with Crippen LogP contribution in [0.1, 0.15) is 21.5 Å². The number of aromatic nitrogens is 2. The summed E-state index contributed by atoms with van der Waals surface area (Å²) in [5.74, 6) is -0.715. The van der Waals surface area contributed by atoms with Gasteiger partial charge in [-0.05, 0) is 16.2 Å². The van der Waals surface area contributed by atoms with E-state index in [0.29, 0.717) is 4.85 Å². The minimum atomic E-state index is -0.820. The van der Waals surface area contributed by atoms with Gasteiger partial charge in [0.1, 0.15) is 13.3 Å². The molecular formula is C12H10FN5O3. The number of carbonyl (C=O) groups excluding carboxylic acids is 1. The average molecular weight is 291 g/mol. The maximum absolute atomic E-state index is 13.0. The van der Waals surface area contributed by atoms with Gasteiger partial charge in [0, 0.05) is 22.1 Å². The van der Waals surface area contributed by atoms with Crippen LogP contribution in [0.3, 0.4) is 0 Å². The van der Waals surface area contributed by atoms with Gasteiger partial charge in [-0.2, -0.15) is 0 Å². The largest absolute Gasteiger partial charge is 0.472 e. The predicted octanol–water partition coefficient (Wildman–Crippen LogP) is 2.62. The Morgan fingerprint density at radius 2 is 2.33 bits per heavy atom. The van der Waals surface area contributed by atoms with Crippen molar-refractivity contribution in [3.63, 3.8) is 0 Å². The first-order valence-corrected chi connectivity index (χ1v) is 5.79. The number of ether oxygens (including phenoxy) is 1. The van der Waals surface area contributed by atoms with E-state index in [0.717, 1.165) is 0 Å². The van der Waals surface area contributed by atoms with E-state index in [9.17, 15) is 9.18 Å². The molecule has 0 aliphatic heterocycles. The normalized spacial score (nSPS) is 9.95. The molecular weight excluding hydrogens is 281 g/mol. The van der Waals surface area contributed by atoms with Crippen LogP contribution in [0.5, 0.6) is 5.88 Å². The highest BCUT2D eigenvalue weighted by molar-refractivity contribution is 5.96. The van der Waals surface area contributed by atoms with Crippen molar-refractivity contribution in [3.05, 3.63) is 57.6 Å². The van der Waals surface area contributed by atoms with Gasteiger partial charge in [0.05, 0.1) is 6.20 Å². The van der Waals surface area contributed by atoms with Gasteiger partial charge in [-0.1, -0.05) is 23.3 Å². The standard InChI is InChI=1S/C12H10FN5O3/c13-6-8-2-1-3-9(12(19)15-17-14)10(8)7-21-11-4-5-18(20)16-11/h1-5,20H,6-7H2. The van der Waals surface area contributed by atoms with Gasteiger partial charge in [-0.15, -0.1) is 4.85 Å². The summed E-state index contributed by atoms with van der Waals surface area (Å²) in [5.41, 5.74) is 8.90. The van der Waals surface area contributed by atoms with Crippen LogP contribution in [0, 0.1) is 0 Å². The number of alkyl halides is 1. The van der Waals surface area contributed by atoms with Crippen molar-refractivity contribution in [3.8, 4) is 5.88 Å². The fourth-order valence-corrected chi connectivity index (χ4v) is 1.75. The Labute approximate surface area is 118 Å². The summed E-state index contributed by atoms with van der Waals surface area (Å²) >= 11 is 0. The first-order valence-electron chi connectivity index (χ1n) is 5.79. The average Bonchev–Trinajstić information content (AvgIpc) is 2.90. The molecule has 0 atom stereocenters. The van der Waals surface area contributed by atoms with E-state index in [2.05, 4.69) is 15.1 Å². The Balaban J connectivity index is 2.30. The van der Waals surface area contributed by atoms with E-state index in [1.807, 2.05) is 0 Å². The first kappa shape index (κ1) is 14.4. The van der Waals surface area contributed by atoms with Crippen molar-refractivity contribution < 1.29 is 19.1 Å². The fourth-order valence-electron chi connectivity index (χ4n) is 1.75. The SMILES string of the molecule is [N-]=[N+]=NC(=O)c1cccc(CF)c1COc1ccn(O)n1. The molecule has 9 heteroatoms. The zero-order chi connectivity index (χ0) is 15.2. The lowest BCUT2D eigenvalue weighted by Crippen LogP contribution is -2.08. The van der Waals surface area contributed by atoms with Crippen molar-refractivity contribution in [1.29, 1.82) is 0 Å². The van der Waals surface area contributed by atoms with Gasteiger partial charge in [-0.25, -0.2) is 4.39 Å². The second-order valence-electron chi connectivity index (χ2n) is 3.93.